The lowest BCUT2D eigenvalue weighted by atomic mass is 10.1. The number of likely N-dealkylation sites (N-methyl/N-ethyl adjacent to an activating group) is 1. The Kier molecular flexibility index (Phi) is 12.1. The number of ether oxygens (including phenoxy) is 2. The molecule has 4 nitrogen and oxygen atoms in total. The van der Waals surface area contributed by atoms with Crippen LogP contribution in [0.5, 0.6) is 11.5 Å². The summed E-state index contributed by atoms with van der Waals surface area (Å²) in [5.41, 5.74) is 1.57. The van der Waals surface area contributed by atoms with Crippen LogP contribution >= 0.6 is 24.8 Å². The van der Waals surface area contributed by atoms with Crippen LogP contribution in [-0.4, -0.2) is 37.2 Å². The Balaban J connectivity index is 0.00000225. The maximum absolute atomic E-state index is 14.0. The third-order valence-corrected chi connectivity index (χ3v) is 5.29. The molecule has 1 heterocycles. The highest BCUT2D eigenvalue weighted by atomic mass is 35.5. The van der Waals surface area contributed by atoms with Gasteiger partial charge in [-0.3, -0.25) is 4.90 Å². The molecule has 1 atom stereocenters. The number of para-hydroxylation sites is 1. The smallest absolute Gasteiger partial charge is 0.166 e. The molecule has 7 heteroatoms. The molecule has 0 saturated carbocycles. The average Bonchev–Trinajstić information content (AvgIpc) is 3.16. The second-order valence-electron chi connectivity index (χ2n) is 7.11. The summed E-state index contributed by atoms with van der Waals surface area (Å²) >= 11 is 0. The van der Waals surface area contributed by atoms with Gasteiger partial charge in [0.25, 0.3) is 0 Å². The molecule has 0 aromatic heterocycles. The van der Waals surface area contributed by atoms with E-state index in [1.165, 1.54) is 25.5 Å². The minimum absolute atomic E-state index is 0. The number of benzene rings is 2. The van der Waals surface area contributed by atoms with Gasteiger partial charge < -0.3 is 14.8 Å². The fourth-order valence-corrected chi connectivity index (χ4v) is 3.81. The third kappa shape index (κ3) is 7.02. The highest BCUT2D eigenvalue weighted by molar-refractivity contribution is 5.85. The highest BCUT2D eigenvalue weighted by Crippen LogP contribution is 2.32. The van der Waals surface area contributed by atoms with Crippen LogP contribution in [-0.2, 0) is 13.2 Å². The van der Waals surface area contributed by atoms with Crippen molar-refractivity contribution < 1.29 is 13.9 Å². The summed E-state index contributed by atoms with van der Waals surface area (Å²) in [7, 11) is 0. The summed E-state index contributed by atoms with van der Waals surface area (Å²) in [5.74, 6) is 1.14. The first kappa shape index (κ1) is 26.5. The van der Waals surface area contributed by atoms with Crippen molar-refractivity contribution >= 4 is 24.8 Å². The first-order valence-corrected chi connectivity index (χ1v) is 10.3. The average molecular weight is 459 g/mol. The summed E-state index contributed by atoms with van der Waals surface area (Å²) in [5, 5.41) is 3.58. The van der Waals surface area contributed by atoms with Crippen molar-refractivity contribution in [2.75, 3.05) is 26.2 Å². The molecule has 0 spiro atoms. The van der Waals surface area contributed by atoms with Gasteiger partial charge in [-0.1, -0.05) is 37.3 Å². The summed E-state index contributed by atoms with van der Waals surface area (Å²) in [6.45, 7) is 8.85. The molecule has 0 bridgehead atoms. The van der Waals surface area contributed by atoms with Gasteiger partial charge in [0.05, 0.1) is 6.61 Å². The standard InChI is InChI=1S/C23H31FN2O2.2ClH/c1-3-26-14-8-11-20(26)16-25-15-18-10-7-13-22(27-4-2)23(18)28-17-19-9-5-6-12-21(19)24;;/h5-7,9-10,12-13,20,25H,3-4,8,11,14-17H2,1-2H3;2*1H. The Hall–Kier alpha value is -1.53. The normalized spacial score (nSPS) is 15.9. The minimum atomic E-state index is -0.253. The number of nitrogens with zero attached hydrogens (tertiary/aromatic N) is 1. The number of nitrogens with one attached hydrogen (secondary N) is 1. The Labute approximate surface area is 192 Å². The number of halogens is 3. The first-order chi connectivity index (χ1) is 13.7. The van der Waals surface area contributed by atoms with Gasteiger partial charge >= 0.3 is 0 Å². The second kappa shape index (κ2) is 13.7. The van der Waals surface area contributed by atoms with E-state index < -0.39 is 0 Å². The van der Waals surface area contributed by atoms with Gasteiger partial charge in [-0.05, 0) is 45.0 Å². The lowest BCUT2D eigenvalue weighted by molar-refractivity contribution is 0.255. The Bertz CT molecular complexity index is 764. The van der Waals surface area contributed by atoms with Gasteiger partial charge in [0.1, 0.15) is 12.4 Å². The van der Waals surface area contributed by atoms with Gasteiger partial charge in [0.2, 0.25) is 0 Å². The first-order valence-electron chi connectivity index (χ1n) is 10.3. The topological polar surface area (TPSA) is 33.7 Å². The SMILES string of the molecule is CCOc1cccc(CNCC2CCCN2CC)c1OCc1ccccc1F.Cl.Cl. The molecule has 168 valence electrons. The molecule has 1 unspecified atom stereocenters. The Morgan fingerprint density at radius 2 is 1.80 bits per heavy atom. The molecule has 1 aliphatic rings. The zero-order chi connectivity index (χ0) is 19.8. The fourth-order valence-electron chi connectivity index (χ4n) is 3.81. The zero-order valence-electron chi connectivity index (χ0n) is 17.7. The molecule has 1 N–H and O–H groups in total. The zero-order valence-corrected chi connectivity index (χ0v) is 19.4. The molecule has 0 aliphatic carbocycles. The predicted molar refractivity (Wildman–Crippen MR) is 125 cm³/mol. The van der Waals surface area contributed by atoms with Crippen molar-refractivity contribution in [1.82, 2.24) is 10.2 Å². The van der Waals surface area contributed by atoms with E-state index in [9.17, 15) is 4.39 Å². The van der Waals surface area contributed by atoms with Crippen LogP contribution in [0.25, 0.3) is 0 Å². The van der Waals surface area contributed by atoms with E-state index in [4.69, 9.17) is 9.47 Å². The quantitative estimate of drug-likeness (QED) is 0.528. The fraction of sp³-hybridized carbons (Fsp3) is 0.478. The Morgan fingerprint density at radius 1 is 1.03 bits per heavy atom. The Morgan fingerprint density at radius 3 is 2.53 bits per heavy atom. The van der Waals surface area contributed by atoms with E-state index in [1.54, 1.807) is 12.1 Å². The number of rotatable bonds is 10. The number of hydrogen-bond acceptors (Lipinski definition) is 4. The lowest BCUT2D eigenvalue weighted by Crippen LogP contribution is -2.37. The number of hydrogen-bond donors (Lipinski definition) is 1. The molecule has 1 fully saturated rings. The van der Waals surface area contributed by atoms with Crippen molar-refractivity contribution in [2.24, 2.45) is 0 Å². The van der Waals surface area contributed by atoms with Gasteiger partial charge in [-0.2, -0.15) is 0 Å². The van der Waals surface area contributed by atoms with Gasteiger partial charge in [-0.25, -0.2) is 4.39 Å². The van der Waals surface area contributed by atoms with Crippen LogP contribution in [0.15, 0.2) is 42.5 Å². The van der Waals surface area contributed by atoms with Crippen LogP contribution < -0.4 is 14.8 Å². The summed E-state index contributed by atoms with van der Waals surface area (Å²) in [6, 6.07) is 13.2. The maximum atomic E-state index is 14.0. The predicted octanol–water partition coefficient (Wildman–Crippen LogP) is 5.22. The van der Waals surface area contributed by atoms with E-state index >= 15 is 0 Å². The highest BCUT2D eigenvalue weighted by Gasteiger charge is 2.22. The maximum Gasteiger partial charge on any atom is 0.166 e. The molecule has 0 amide bonds. The van der Waals surface area contributed by atoms with E-state index in [-0.39, 0.29) is 37.2 Å². The molecule has 1 saturated heterocycles. The molecule has 3 rings (SSSR count). The summed E-state index contributed by atoms with van der Waals surface area (Å²) < 4.78 is 25.8. The monoisotopic (exact) mass is 458 g/mol. The van der Waals surface area contributed by atoms with Crippen LogP contribution in [0, 0.1) is 5.82 Å². The van der Waals surface area contributed by atoms with E-state index in [0.29, 0.717) is 36.3 Å². The van der Waals surface area contributed by atoms with E-state index in [0.717, 1.165) is 18.7 Å². The second-order valence-corrected chi connectivity index (χ2v) is 7.11. The van der Waals surface area contributed by atoms with Crippen molar-refractivity contribution in [3.05, 3.63) is 59.4 Å². The van der Waals surface area contributed by atoms with Gasteiger partial charge in [0, 0.05) is 30.3 Å². The lowest BCUT2D eigenvalue weighted by Gasteiger charge is -2.23. The van der Waals surface area contributed by atoms with E-state index in [1.807, 2.05) is 31.2 Å². The van der Waals surface area contributed by atoms with Crippen LogP contribution in [0.3, 0.4) is 0 Å². The van der Waals surface area contributed by atoms with Crippen molar-refractivity contribution in [3.8, 4) is 11.5 Å². The van der Waals surface area contributed by atoms with Crippen molar-refractivity contribution in [3.63, 3.8) is 0 Å². The molecule has 0 radical (unpaired) electrons. The molecule has 30 heavy (non-hydrogen) atoms. The van der Waals surface area contributed by atoms with Crippen molar-refractivity contribution in [2.45, 2.75) is 45.9 Å². The van der Waals surface area contributed by atoms with Crippen molar-refractivity contribution in [1.29, 1.82) is 0 Å². The van der Waals surface area contributed by atoms with Crippen LogP contribution in [0.2, 0.25) is 0 Å². The third-order valence-electron chi connectivity index (χ3n) is 5.29. The largest absolute Gasteiger partial charge is 0.490 e. The molecule has 2 aromatic rings. The summed E-state index contributed by atoms with van der Waals surface area (Å²) in [6.07, 6.45) is 2.52. The molecule has 1 aliphatic heterocycles. The van der Waals surface area contributed by atoms with E-state index in [2.05, 4.69) is 17.1 Å². The number of likely N-dealkylation sites (tertiary alicyclic amines) is 1. The van der Waals surface area contributed by atoms with Crippen LogP contribution in [0.4, 0.5) is 4.39 Å². The molecular weight excluding hydrogens is 426 g/mol. The molecule has 2 aromatic carbocycles. The van der Waals surface area contributed by atoms with Crippen LogP contribution in [0.1, 0.15) is 37.8 Å². The van der Waals surface area contributed by atoms with Gasteiger partial charge in [0.15, 0.2) is 11.5 Å². The minimum Gasteiger partial charge on any atom is -0.490 e. The molecular formula is C23H33Cl2FN2O2. The summed E-state index contributed by atoms with van der Waals surface area (Å²) in [4.78, 5) is 2.53. The van der Waals surface area contributed by atoms with Gasteiger partial charge in [-0.15, -0.1) is 24.8 Å².